The number of benzene rings is 2. The van der Waals surface area contributed by atoms with E-state index in [1.165, 1.54) is 10.8 Å². The number of hydrogen-bond acceptors (Lipinski definition) is 7. The number of aromatic nitrogens is 6. The number of nitrogens with two attached hydrogens (primary N) is 1. The Morgan fingerprint density at radius 2 is 1.84 bits per heavy atom. The van der Waals surface area contributed by atoms with Crippen molar-refractivity contribution in [1.82, 2.24) is 34.6 Å². The first-order chi connectivity index (χ1) is 18.3. The van der Waals surface area contributed by atoms with Crippen LogP contribution in [0.25, 0.3) is 16.6 Å². The second-order valence-corrected chi connectivity index (χ2v) is 8.74. The molecule has 2 aromatic carbocycles. The molecular formula is C28H24N8O2. The predicted molar refractivity (Wildman–Crippen MR) is 144 cm³/mol. The number of hydrogen-bond donors (Lipinski definition) is 2. The first kappa shape index (κ1) is 24.4. The van der Waals surface area contributed by atoms with Crippen LogP contribution in [0.5, 0.6) is 0 Å². The lowest BCUT2D eigenvalue weighted by atomic mass is 10.1. The molecule has 0 saturated heterocycles. The lowest BCUT2D eigenvalue weighted by molar-refractivity contribution is 0.0933. The highest BCUT2D eigenvalue weighted by Crippen LogP contribution is 2.21. The van der Waals surface area contributed by atoms with E-state index in [9.17, 15) is 9.59 Å². The van der Waals surface area contributed by atoms with Crippen LogP contribution in [0.2, 0.25) is 0 Å². The first-order valence-electron chi connectivity index (χ1n) is 11.8. The zero-order valence-electron chi connectivity index (χ0n) is 21.0. The number of aryl methyl sites for hydroxylation is 2. The van der Waals surface area contributed by atoms with Crippen LogP contribution in [0.1, 0.15) is 46.1 Å². The highest BCUT2D eigenvalue weighted by atomic mass is 16.2. The van der Waals surface area contributed by atoms with Crippen molar-refractivity contribution in [3.8, 4) is 17.5 Å². The highest BCUT2D eigenvalue weighted by molar-refractivity contribution is 5.96. The molecule has 0 bridgehead atoms. The van der Waals surface area contributed by atoms with E-state index in [0.717, 1.165) is 5.56 Å². The van der Waals surface area contributed by atoms with Gasteiger partial charge in [-0.3, -0.25) is 18.8 Å². The number of rotatable bonds is 4. The molecule has 1 amide bonds. The number of nitrogens with zero attached hydrogens (tertiary/aromatic N) is 6. The van der Waals surface area contributed by atoms with Gasteiger partial charge in [-0.15, -0.1) is 0 Å². The topological polar surface area (TPSA) is 134 Å². The molecule has 0 unspecified atom stereocenters. The van der Waals surface area contributed by atoms with Crippen molar-refractivity contribution in [2.24, 2.45) is 7.05 Å². The second kappa shape index (κ2) is 9.99. The summed E-state index contributed by atoms with van der Waals surface area (Å²) >= 11 is 0. The summed E-state index contributed by atoms with van der Waals surface area (Å²) < 4.78 is 3.15. The minimum Gasteiger partial charge on any atom is -0.382 e. The van der Waals surface area contributed by atoms with Gasteiger partial charge in [-0.2, -0.15) is 5.10 Å². The molecule has 5 rings (SSSR count). The number of para-hydroxylation sites is 1. The minimum absolute atomic E-state index is 0.00445. The van der Waals surface area contributed by atoms with Gasteiger partial charge >= 0.3 is 0 Å². The summed E-state index contributed by atoms with van der Waals surface area (Å²) in [6.45, 7) is 3.48. The monoisotopic (exact) mass is 504 g/mol. The quantitative estimate of drug-likeness (QED) is 0.360. The van der Waals surface area contributed by atoms with Crippen molar-refractivity contribution in [2.45, 2.75) is 19.9 Å². The molecule has 3 aromatic heterocycles. The number of anilines is 1. The molecule has 0 aliphatic rings. The smallest absolute Gasteiger partial charge is 0.274 e. The van der Waals surface area contributed by atoms with E-state index >= 15 is 0 Å². The summed E-state index contributed by atoms with van der Waals surface area (Å²) in [5, 5.41) is 7.37. The molecule has 0 radical (unpaired) electrons. The third kappa shape index (κ3) is 4.73. The number of carbonyl (C=O) groups excluding carboxylic acids is 1. The van der Waals surface area contributed by atoms with Gasteiger partial charge in [0.25, 0.3) is 11.5 Å². The molecule has 188 valence electrons. The predicted octanol–water partition coefficient (Wildman–Crippen LogP) is 2.69. The van der Waals surface area contributed by atoms with Gasteiger partial charge in [0.15, 0.2) is 11.5 Å². The Kier molecular flexibility index (Phi) is 6.41. The van der Waals surface area contributed by atoms with Gasteiger partial charge in [-0.25, -0.2) is 15.0 Å². The zero-order valence-corrected chi connectivity index (χ0v) is 21.0. The van der Waals surface area contributed by atoms with Crippen molar-refractivity contribution < 1.29 is 4.79 Å². The van der Waals surface area contributed by atoms with E-state index in [4.69, 9.17) is 10.7 Å². The van der Waals surface area contributed by atoms with Crippen molar-refractivity contribution in [1.29, 1.82) is 0 Å². The lowest BCUT2D eigenvalue weighted by Crippen LogP contribution is -2.34. The Morgan fingerprint density at radius 1 is 1.05 bits per heavy atom. The Morgan fingerprint density at radius 3 is 2.55 bits per heavy atom. The van der Waals surface area contributed by atoms with Crippen LogP contribution in [0, 0.1) is 18.8 Å². The number of fused-ring (bicyclic) bond motifs is 1. The molecule has 0 fully saturated rings. The maximum Gasteiger partial charge on any atom is 0.274 e. The Hall–Kier alpha value is -5.30. The van der Waals surface area contributed by atoms with Crippen LogP contribution in [-0.2, 0) is 7.05 Å². The molecule has 3 heterocycles. The number of amides is 1. The van der Waals surface area contributed by atoms with Crippen LogP contribution in [0.3, 0.4) is 0 Å². The third-order valence-electron chi connectivity index (χ3n) is 5.85. The number of nitrogen functional groups attached to an aromatic ring is 1. The molecule has 0 aliphatic heterocycles. The van der Waals surface area contributed by atoms with E-state index in [-0.39, 0.29) is 17.1 Å². The van der Waals surface area contributed by atoms with E-state index in [2.05, 4.69) is 32.2 Å². The van der Waals surface area contributed by atoms with Crippen LogP contribution in [-0.4, -0.2) is 35.2 Å². The molecule has 0 spiro atoms. The summed E-state index contributed by atoms with van der Waals surface area (Å²) in [7, 11) is 1.81. The van der Waals surface area contributed by atoms with Gasteiger partial charge in [0, 0.05) is 25.0 Å². The fraction of sp³-hybridized carbons (Fsp3) is 0.143. The van der Waals surface area contributed by atoms with Gasteiger partial charge in [-0.05, 0) is 38.1 Å². The molecule has 3 N–H and O–H groups in total. The average molecular weight is 505 g/mol. The first-order valence-corrected chi connectivity index (χ1v) is 11.8. The van der Waals surface area contributed by atoms with Crippen molar-refractivity contribution in [3.63, 3.8) is 0 Å². The SMILES string of the molecule is Cc1cnc(C(=O)N[C@H](C)c2nc3cccc(C#Cc4cnn(C)c4)c3c(=O)n2-c2ccccc2)c(N)n1. The normalized spacial score (nSPS) is 11.6. The molecule has 5 aromatic rings. The van der Waals surface area contributed by atoms with Crippen molar-refractivity contribution in [3.05, 3.63) is 106 Å². The van der Waals surface area contributed by atoms with Crippen molar-refractivity contribution >= 4 is 22.6 Å². The summed E-state index contributed by atoms with van der Waals surface area (Å²) in [6.07, 6.45) is 4.93. The summed E-state index contributed by atoms with van der Waals surface area (Å²) in [6, 6.07) is 13.8. The molecule has 1 atom stereocenters. The zero-order chi connectivity index (χ0) is 26.8. The van der Waals surface area contributed by atoms with Gasteiger partial charge in [-0.1, -0.05) is 36.1 Å². The van der Waals surface area contributed by atoms with E-state index < -0.39 is 11.9 Å². The van der Waals surface area contributed by atoms with E-state index in [1.54, 1.807) is 61.3 Å². The standard InChI is InChI=1S/C28H24N8O2/c1-17-14-30-24(25(29)32-17)27(37)33-18(2)26-34-22-11-7-8-20(13-12-19-15-31-35(3)16-19)23(22)28(38)36(26)21-9-5-4-6-10-21/h4-11,14-16,18H,1-3H3,(H2,29,32)(H,33,37)/t18-/m1/s1. The average Bonchev–Trinajstić information content (AvgIpc) is 3.32. The molecule has 0 aliphatic carbocycles. The highest BCUT2D eigenvalue weighted by Gasteiger charge is 2.22. The van der Waals surface area contributed by atoms with Gasteiger partial charge in [0.05, 0.1) is 40.1 Å². The Balaban J connectivity index is 1.64. The largest absolute Gasteiger partial charge is 0.382 e. The maximum atomic E-state index is 14.0. The minimum atomic E-state index is -0.674. The maximum absolute atomic E-state index is 14.0. The third-order valence-corrected chi connectivity index (χ3v) is 5.85. The molecule has 0 saturated carbocycles. The summed E-state index contributed by atoms with van der Waals surface area (Å²) in [5.74, 6) is 6.01. The van der Waals surface area contributed by atoms with Crippen molar-refractivity contribution in [2.75, 3.05) is 5.73 Å². The van der Waals surface area contributed by atoms with Crippen LogP contribution in [0.4, 0.5) is 5.82 Å². The van der Waals surface area contributed by atoms with E-state index in [0.29, 0.717) is 33.7 Å². The lowest BCUT2D eigenvalue weighted by Gasteiger charge is -2.20. The molecule has 10 heteroatoms. The fourth-order valence-corrected chi connectivity index (χ4v) is 4.09. The summed E-state index contributed by atoms with van der Waals surface area (Å²) in [4.78, 5) is 40.1. The van der Waals surface area contributed by atoms with Crippen LogP contribution < -0.4 is 16.6 Å². The molecular weight excluding hydrogens is 480 g/mol. The van der Waals surface area contributed by atoms with Crippen LogP contribution in [0.15, 0.2) is 71.9 Å². The van der Waals surface area contributed by atoms with E-state index in [1.807, 2.05) is 25.2 Å². The molecule has 38 heavy (non-hydrogen) atoms. The Labute approximate surface area is 218 Å². The number of nitrogens with one attached hydrogen (secondary N) is 1. The van der Waals surface area contributed by atoms with Crippen LogP contribution >= 0.6 is 0 Å². The molecule has 10 nitrogen and oxygen atoms in total. The van der Waals surface area contributed by atoms with Gasteiger partial charge in [0.1, 0.15) is 5.82 Å². The summed E-state index contributed by atoms with van der Waals surface area (Å²) in [5.41, 5.74) is 8.56. The fourth-order valence-electron chi connectivity index (χ4n) is 4.09. The van der Waals surface area contributed by atoms with Gasteiger partial charge < -0.3 is 11.1 Å². The second-order valence-electron chi connectivity index (χ2n) is 8.74. The Bertz CT molecular complexity index is 1800. The number of carbonyl (C=O) groups is 1. The van der Waals surface area contributed by atoms with Gasteiger partial charge in [0.2, 0.25) is 0 Å².